The zero-order valence-corrected chi connectivity index (χ0v) is 6.45. The van der Waals surface area contributed by atoms with E-state index in [-0.39, 0.29) is 0 Å². The molecule has 0 saturated heterocycles. The predicted molar refractivity (Wildman–Crippen MR) is 38.5 cm³/mol. The fourth-order valence-corrected chi connectivity index (χ4v) is 0.660. The highest BCUT2D eigenvalue weighted by molar-refractivity contribution is 5.07. The molecule has 11 heavy (non-hydrogen) atoms. The maximum Gasteiger partial charge on any atom is 0.178 e. The van der Waals surface area contributed by atoms with Gasteiger partial charge in [0.2, 0.25) is 0 Å². The van der Waals surface area contributed by atoms with E-state index in [1.165, 1.54) is 12.5 Å². The Morgan fingerprint density at radius 2 is 2.45 bits per heavy atom. The maximum atomic E-state index is 5.21. The molecule has 1 rings (SSSR count). The van der Waals surface area contributed by atoms with Gasteiger partial charge in [-0.05, 0) is 0 Å². The van der Waals surface area contributed by atoms with Crippen LogP contribution in [0.1, 0.15) is 6.42 Å². The molecule has 62 valence electrons. The van der Waals surface area contributed by atoms with Crippen LogP contribution in [0.15, 0.2) is 17.0 Å². The number of hydrogen-bond acceptors (Lipinski definition) is 4. The van der Waals surface area contributed by atoms with Gasteiger partial charge >= 0.3 is 0 Å². The highest BCUT2D eigenvalue weighted by atomic mass is 16.5. The molecule has 0 amide bonds. The van der Waals surface area contributed by atoms with E-state index in [9.17, 15) is 0 Å². The fourth-order valence-electron chi connectivity index (χ4n) is 0.660. The summed E-state index contributed by atoms with van der Waals surface area (Å²) in [5.74, 6) is 0.668. The van der Waals surface area contributed by atoms with Crippen molar-refractivity contribution in [2.45, 2.75) is 6.42 Å². The van der Waals surface area contributed by atoms with E-state index in [4.69, 9.17) is 9.47 Å². The summed E-state index contributed by atoms with van der Waals surface area (Å²) in [5.41, 5.74) is 0. The lowest BCUT2D eigenvalue weighted by Gasteiger charge is -2.00. The van der Waals surface area contributed by atoms with Crippen molar-refractivity contribution >= 4 is 0 Å². The summed E-state index contributed by atoms with van der Waals surface area (Å²) in [7, 11) is 1.67. The first kappa shape index (κ1) is 8.07. The maximum absolute atomic E-state index is 5.21. The van der Waals surface area contributed by atoms with Gasteiger partial charge in [-0.2, -0.15) is 0 Å². The first-order valence-electron chi connectivity index (χ1n) is 3.44. The van der Waals surface area contributed by atoms with Crippen LogP contribution >= 0.6 is 0 Å². The zero-order valence-electron chi connectivity index (χ0n) is 6.45. The first-order valence-corrected chi connectivity index (χ1v) is 3.44. The molecule has 4 nitrogen and oxygen atoms in total. The van der Waals surface area contributed by atoms with Gasteiger partial charge in [0.05, 0.1) is 6.61 Å². The van der Waals surface area contributed by atoms with Crippen LogP contribution in [0.2, 0.25) is 0 Å². The van der Waals surface area contributed by atoms with Gasteiger partial charge in [0.1, 0.15) is 6.20 Å². The summed E-state index contributed by atoms with van der Waals surface area (Å²) in [5, 5.41) is 3.49. The van der Waals surface area contributed by atoms with E-state index in [2.05, 4.69) is 9.68 Å². The lowest BCUT2D eigenvalue weighted by atomic mass is 10.5. The van der Waals surface area contributed by atoms with E-state index in [1.807, 2.05) is 0 Å². The quantitative estimate of drug-likeness (QED) is 0.600. The van der Waals surface area contributed by atoms with E-state index in [0.717, 1.165) is 6.42 Å². The second kappa shape index (κ2) is 4.73. The van der Waals surface area contributed by atoms with Crippen molar-refractivity contribution in [3.8, 4) is 5.75 Å². The van der Waals surface area contributed by atoms with Gasteiger partial charge in [0.15, 0.2) is 12.0 Å². The van der Waals surface area contributed by atoms with Gasteiger partial charge in [-0.25, -0.2) is 0 Å². The van der Waals surface area contributed by atoms with Gasteiger partial charge in [-0.15, -0.1) is 0 Å². The van der Waals surface area contributed by atoms with E-state index in [1.54, 1.807) is 7.11 Å². The summed E-state index contributed by atoms with van der Waals surface area (Å²) >= 11 is 0. The molecule has 1 heterocycles. The molecule has 0 aliphatic heterocycles. The normalized spacial score (nSPS) is 9.91. The molecule has 0 aliphatic rings. The largest absolute Gasteiger partial charge is 0.488 e. The van der Waals surface area contributed by atoms with Gasteiger partial charge in [-0.3, -0.25) is 0 Å². The zero-order chi connectivity index (χ0) is 7.94. The van der Waals surface area contributed by atoms with Gasteiger partial charge in [0.25, 0.3) is 0 Å². The van der Waals surface area contributed by atoms with E-state index in [0.29, 0.717) is 19.0 Å². The van der Waals surface area contributed by atoms with Crippen molar-refractivity contribution in [3.05, 3.63) is 12.5 Å². The van der Waals surface area contributed by atoms with Gasteiger partial charge in [0, 0.05) is 20.1 Å². The van der Waals surface area contributed by atoms with Crippen LogP contribution in [-0.4, -0.2) is 25.5 Å². The monoisotopic (exact) mass is 157 g/mol. The van der Waals surface area contributed by atoms with Crippen LogP contribution in [0.4, 0.5) is 0 Å². The van der Waals surface area contributed by atoms with E-state index >= 15 is 0 Å². The molecule has 0 atom stereocenters. The highest BCUT2D eigenvalue weighted by Gasteiger charge is 1.94. The molecule has 0 aromatic carbocycles. The topological polar surface area (TPSA) is 44.5 Å². The average Bonchev–Trinajstić information content (AvgIpc) is 2.50. The van der Waals surface area contributed by atoms with Crippen molar-refractivity contribution in [3.63, 3.8) is 0 Å². The van der Waals surface area contributed by atoms with Crippen molar-refractivity contribution in [1.29, 1.82) is 0 Å². The van der Waals surface area contributed by atoms with Crippen LogP contribution in [0.3, 0.4) is 0 Å². The Hall–Kier alpha value is -1.03. The summed E-state index contributed by atoms with van der Waals surface area (Å²) < 4.78 is 14.6. The number of hydrogen-bond donors (Lipinski definition) is 0. The van der Waals surface area contributed by atoms with Gasteiger partial charge < -0.3 is 14.0 Å². The number of rotatable bonds is 5. The number of methoxy groups -OCH3 is 1. The van der Waals surface area contributed by atoms with Gasteiger partial charge in [-0.1, -0.05) is 5.16 Å². The average molecular weight is 157 g/mol. The third-order valence-corrected chi connectivity index (χ3v) is 1.17. The minimum Gasteiger partial charge on any atom is -0.488 e. The van der Waals surface area contributed by atoms with Crippen LogP contribution in [0, 0.1) is 0 Å². The minimum absolute atomic E-state index is 0.634. The molecule has 0 spiro atoms. The van der Waals surface area contributed by atoms with E-state index < -0.39 is 0 Å². The van der Waals surface area contributed by atoms with Crippen LogP contribution in [0.25, 0.3) is 0 Å². The fraction of sp³-hybridized carbons (Fsp3) is 0.571. The molecule has 4 heteroatoms. The molecule has 1 aromatic rings. The molecular weight excluding hydrogens is 146 g/mol. The Balaban J connectivity index is 2.04. The Morgan fingerprint density at radius 1 is 1.55 bits per heavy atom. The molecule has 0 saturated carbocycles. The molecule has 1 aromatic heterocycles. The van der Waals surface area contributed by atoms with Crippen molar-refractivity contribution in [2.24, 2.45) is 0 Å². The Morgan fingerprint density at radius 3 is 3.09 bits per heavy atom. The second-order valence-corrected chi connectivity index (χ2v) is 2.05. The number of aromatic nitrogens is 1. The summed E-state index contributed by atoms with van der Waals surface area (Å²) in [6, 6.07) is 0. The standard InChI is InChI=1S/C7H11NO3/c1-9-3-2-4-10-7-5-8-11-6-7/h5-6H,2-4H2,1H3. The lowest BCUT2D eigenvalue weighted by molar-refractivity contribution is 0.172. The third-order valence-electron chi connectivity index (χ3n) is 1.17. The molecular formula is C7H11NO3. The SMILES string of the molecule is COCCCOc1cnoc1. The first-order chi connectivity index (χ1) is 5.43. The molecule has 0 fully saturated rings. The number of ether oxygens (including phenoxy) is 2. The highest BCUT2D eigenvalue weighted by Crippen LogP contribution is 2.06. The smallest absolute Gasteiger partial charge is 0.178 e. The summed E-state index contributed by atoms with van der Waals surface area (Å²) in [6.07, 6.45) is 3.88. The molecule has 0 unspecified atom stereocenters. The summed E-state index contributed by atoms with van der Waals surface area (Å²) in [6.45, 7) is 1.35. The molecule has 0 radical (unpaired) electrons. The molecule has 0 N–H and O–H groups in total. The lowest BCUT2D eigenvalue weighted by Crippen LogP contribution is -2.00. The third kappa shape index (κ3) is 3.04. The summed E-state index contributed by atoms with van der Waals surface area (Å²) in [4.78, 5) is 0. The molecule has 0 bridgehead atoms. The Kier molecular flexibility index (Phi) is 3.47. The number of nitrogens with zero attached hydrogens (tertiary/aromatic N) is 1. The Bertz CT molecular complexity index is 174. The molecule has 0 aliphatic carbocycles. The minimum atomic E-state index is 0.634. The van der Waals surface area contributed by atoms with Crippen LogP contribution in [-0.2, 0) is 4.74 Å². The van der Waals surface area contributed by atoms with Crippen molar-refractivity contribution in [2.75, 3.05) is 20.3 Å². The second-order valence-electron chi connectivity index (χ2n) is 2.05. The van der Waals surface area contributed by atoms with Crippen molar-refractivity contribution in [1.82, 2.24) is 5.16 Å². The van der Waals surface area contributed by atoms with Crippen LogP contribution < -0.4 is 4.74 Å². The Labute approximate surface area is 65.1 Å². The predicted octanol–water partition coefficient (Wildman–Crippen LogP) is 1.09. The van der Waals surface area contributed by atoms with Crippen LogP contribution in [0.5, 0.6) is 5.75 Å². The van der Waals surface area contributed by atoms with Crippen molar-refractivity contribution < 1.29 is 14.0 Å².